The summed E-state index contributed by atoms with van der Waals surface area (Å²) in [7, 11) is 1.74. The first-order chi connectivity index (χ1) is 12.0. The molecular weight excluding hydrogens is 316 g/mol. The Morgan fingerprint density at radius 1 is 1.12 bits per heavy atom. The molecule has 0 radical (unpaired) electrons. The van der Waals surface area contributed by atoms with Crippen molar-refractivity contribution < 1.29 is 9.59 Å². The second kappa shape index (κ2) is 8.82. The highest BCUT2D eigenvalue weighted by molar-refractivity contribution is 5.94. The number of carbonyl (C=O) groups is 2. The molecule has 0 aliphatic heterocycles. The Balaban J connectivity index is 1.90. The summed E-state index contributed by atoms with van der Waals surface area (Å²) in [6.45, 7) is 4.70. The van der Waals surface area contributed by atoms with Crippen molar-refractivity contribution in [3.63, 3.8) is 0 Å². The van der Waals surface area contributed by atoms with Gasteiger partial charge in [0, 0.05) is 44.1 Å². The molecule has 1 aromatic carbocycles. The molecule has 1 heterocycles. The van der Waals surface area contributed by atoms with Gasteiger partial charge in [-0.1, -0.05) is 12.1 Å². The van der Waals surface area contributed by atoms with Gasteiger partial charge in [0.25, 0.3) is 5.91 Å². The van der Waals surface area contributed by atoms with Crippen molar-refractivity contribution in [2.24, 2.45) is 0 Å². The van der Waals surface area contributed by atoms with E-state index in [1.165, 1.54) is 0 Å². The van der Waals surface area contributed by atoms with Crippen LogP contribution >= 0.6 is 0 Å². The van der Waals surface area contributed by atoms with Gasteiger partial charge in [0.2, 0.25) is 0 Å². The number of hydrogen-bond acceptors (Lipinski definition) is 3. The van der Waals surface area contributed by atoms with Crippen LogP contribution in [0.15, 0.2) is 48.8 Å². The number of benzene rings is 1. The first-order valence-electron chi connectivity index (χ1n) is 8.23. The van der Waals surface area contributed by atoms with Crippen molar-refractivity contribution in [1.82, 2.24) is 20.5 Å². The van der Waals surface area contributed by atoms with Crippen molar-refractivity contribution in [1.29, 1.82) is 0 Å². The van der Waals surface area contributed by atoms with Gasteiger partial charge in [-0.25, -0.2) is 4.79 Å². The SMILES string of the molecule is CC(C)NC(=O)c1cccc(CNC(=O)N(C)Cc2ccncc2)c1. The zero-order valence-corrected chi connectivity index (χ0v) is 14.8. The summed E-state index contributed by atoms with van der Waals surface area (Å²) >= 11 is 0. The summed E-state index contributed by atoms with van der Waals surface area (Å²) in [5.41, 5.74) is 2.48. The molecule has 0 unspecified atom stereocenters. The molecule has 6 nitrogen and oxygen atoms in total. The summed E-state index contributed by atoms with van der Waals surface area (Å²) in [6.07, 6.45) is 3.41. The van der Waals surface area contributed by atoms with E-state index in [0.717, 1.165) is 11.1 Å². The molecule has 0 fully saturated rings. The summed E-state index contributed by atoms with van der Waals surface area (Å²) in [4.78, 5) is 29.8. The Hall–Kier alpha value is -2.89. The highest BCUT2D eigenvalue weighted by Crippen LogP contribution is 2.07. The van der Waals surface area contributed by atoms with Crippen LogP contribution in [0.2, 0.25) is 0 Å². The van der Waals surface area contributed by atoms with Gasteiger partial charge in [0.15, 0.2) is 0 Å². The molecule has 0 aliphatic carbocycles. The predicted molar refractivity (Wildman–Crippen MR) is 97.0 cm³/mol. The molecule has 0 bridgehead atoms. The Labute approximate surface area is 148 Å². The number of urea groups is 1. The molecule has 0 spiro atoms. The molecule has 0 atom stereocenters. The third-order valence-electron chi connectivity index (χ3n) is 3.57. The second-order valence-electron chi connectivity index (χ2n) is 6.20. The lowest BCUT2D eigenvalue weighted by molar-refractivity contribution is 0.0943. The Kier molecular flexibility index (Phi) is 6.51. The zero-order chi connectivity index (χ0) is 18.2. The van der Waals surface area contributed by atoms with Crippen LogP contribution in [0.1, 0.15) is 35.3 Å². The third-order valence-corrected chi connectivity index (χ3v) is 3.57. The normalized spacial score (nSPS) is 10.4. The lowest BCUT2D eigenvalue weighted by Gasteiger charge is -2.18. The summed E-state index contributed by atoms with van der Waals surface area (Å²) in [5, 5.41) is 5.72. The van der Waals surface area contributed by atoms with E-state index < -0.39 is 0 Å². The van der Waals surface area contributed by atoms with E-state index in [9.17, 15) is 9.59 Å². The molecule has 132 valence electrons. The van der Waals surface area contributed by atoms with E-state index in [4.69, 9.17) is 0 Å². The zero-order valence-electron chi connectivity index (χ0n) is 14.8. The molecule has 0 aliphatic rings. The van der Waals surface area contributed by atoms with Gasteiger partial charge in [-0.15, -0.1) is 0 Å². The quantitative estimate of drug-likeness (QED) is 0.849. The monoisotopic (exact) mass is 340 g/mol. The minimum atomic E-state index is -0.172. The largest absolute Gasteiger partial charge is 0.350 e. The highest BCUT2D eigenvalue weighted by Gasteiger charge is 2.10. The predicted octanol–water partition coefficient (Wildman–Crippen LogP) is 2.56. The van der Waals surface area contributed by atoms with Crippen LogP contribution in [0.5, 0.6) is 0 Å². The van der Waals surface area contributed by atoms with Crippen LogP contribution in [0.3, 0.4) is 0 Å². The maximum Gasteiger partial charge on any atom is 0.317 e. The number of carbonyl (C=O) groups excluding carboxylic acids is 2. The Bertz CT molecular complexity index is 716. The van der Waals surface area contributed by atoms with Crippen molar-refractivity contribution in [2.75, 3.05) is 7.05 Å². The number of rotatable bonds is 6. The van der Waals surface area contributed by atoms with Crippen LogP contribution in [0.4, 0.5) is 4.79 Å². The van der Waals surface area contributed by atoms with Gasteiger partial charge in [-0.05, 0) is 49.2 Å². The molecular formula is C19H24N4O2. The standard InChI is InChI=1S/C19H24N4O2/c1-14(2)22-18(24)17-6-4-5-16(11-17)12-21-19(25)23(3)13-15-7-9-20-10-8-15/h4-11,14H,12-13H2,1-3H3,(H,21,25)(H,22,24). The average Bonchev–Trinajstić information content (AvgIpc) is 2.60. The molecule has 2 N–H and O–H groups in total. The first-order valence-corrected chi connectivity index (χ1v) is 8.23. The summed E-state index contributed by atoms with van der Waals surface area (Å²) in [6, 6.07) is 10.9. The topological polar surface area (TPSA) is 74.3 Å². The van der Waals surface area contributed by atoms with Crippen LogP contribution in [-0.2, 0) is 13.1 Å². The Morgan fingerprint density at radius 3 is 2.52 bits per heavy atom. The van der Waals surface area contributed by atoms with E-state index >= 15 is 0 Å². The van der Waals surface area contributed by atoms with Crippen LogP contribution in [-0.4, -0.2) is 34.9 Å². The molecule has 3 amide bonds. The van der Waals surface area contributed by atoms with Gasteiger partial charge >= 0.3 is 6.03 Å². The van der Waals surface area contributed by atoms with Crippen molar-refractivity contribution >= 4 is 11.9 Å². The van der Waals surface area contributed by atoms with Crippen molar-refractivity contribution in [2.45, 2.75) is 33.0 Å². The maximum absolute atomic E-state index is 12.2. The van der Waals surface area contributed by atoms with Gasteiger partial charge in [0.05, 0.1) is 0 Å². The third kappa shape index (κ3) is 5.91. The fraction of sp³-hybridized carbons (Fsp3) is 0.316. The fourth-order valence-electron chi connectivity index (χ4n) is 2.31. The number of aromatic nitrogens is 1. The highest BCUT2D eigenvalue weighted by atomic mass is 16.2. The minimum absolute atomic E-state index is 0.0812. The van der Waals surface area contributed by atoms with Crippen LogP contribution < -0.4 is 10.6 Å². The van der Waals surface area contributed by atoms with E-state index in [1.807, 2.05) is 38.1 Å². The van der Waals surface area contributed by atoms with Gasteiger partial charge < -0.3 is 15.5 Å². The van der Waals surface area contributed by atoms with Gasteiger partial charge in [0.1, 0.15) is 0 Å². The van der Waals surface area contributed by atoms with Crippen LogP contribution in [0, 0.1) is 0 Å². The Morgan fingerprint density at radius 2 is 1.84 bits per heavy atom. The van der Waals surface area contributed by atoms with Gasteiger partial charge in [-0.2, -0.15) is 0 Å². The molecule has 2 aromatic rings. The number of nitrogens with zero attached hydrogens (tertiary/aromatic N) is 2. The molecule has 1 aromatic heterocycles. The van der Waals surface area contributed by atoms with Crippen LogP contribution in [0.25, 0.3) is 0 Å². The van der Waals surface area contributed by atoms with E-state index in [-0.39, 0.29) is 18.0 Å². The summed E-state index contributed by atoms with van der Waals surface area (Å²) in [5.74, 6) is -0.113. The summed E-state index contributed by atoms with van der Waals surface area (Å²) < 4.78 is 0. The van der Waals surface area contributed by atoms with E-state index in [0.29, 0.717) is 18.7 Å². The minimum Gasteiger partial charge on any atom is -0.350 e. The maximum atomic E-state index is 12.2. The number of amides is 3. The smallest absolute Gasteiger partial charge is 0.317 e. The lowest BCUT2D eigenvalue weighted by atomic mass is 10.1. The molecule has 2 rings (SSSR count). The van der Waals surface area contributed by atoms with Crippen molar-refractivity contribution in [3.05, 3.63) is 65.5 Å². The fourth-order valence-corrected chi connectivity index (χ4v) is 2.31. The second-order valence-corrected chi connectivity index (χ2v) is 6.20. The molecule has 6 heteroatoms. The van der Waals surface area contributed by atoms with Crippen molar-refractivity contribution in [3.8, 4) is 0 Å². The molecule has 25 heavy (non-hydrogen) atoms. The number of nitrogens with one attached hydrogen (secondary N) is 2. The molecule has 0 saturated carbocycles. The van der Waals surface area contributed by atoms with E-state index in [2.05, 4.69) is 15.6 Å². The number of hydrogen-bond donors (Lipinski definition) is 2. The number of pyridine rings is 1. The van der Waals surface area contributed by atoms with Gasteiger partial charge in [-0.3, -0.25) is 9.78 Å². The average molecular weight is 340 g/mol. The first kappa shape index (κ1) is 18.4. The lowest BCUT2D eigenvalue weighted by Crippen LogP contribution is -2.36. The molecule has 0 saturated heterocycles. The van der Waals surface area contributed by atoms with E-state index in [1.54, 1.807) is 36.5 Å².